The number of rotatable bonds is 8. The predicted molar refractivity (Wildman–Crippen MR) is 158 cm³/mol. The second kappa shape index (κ2) is 12.0. The normalized spacial score (nSPS) is 11.1. The molecule has 0 aliphatic rings. The van der Waals surface area contributed by atoms with Crippen molar-refractivity contribution < 1.29 is 9.53 Å². The topological polar surface area (TPSA) is 79.9 Å². The van der Waals surface area contributed by atoms with Gasteiger partial charge in [0.15, 0.2) is 0 Å². The van der Waals surface area contributed by atoms with Crippen molar-refractivity contribution in [1.29, 1.82) is 5.26 Å². The first-order valence-electron chi connectivity index (χ1n) is 12.9. The van der Waals surface area contributed by atoms with E-state index in [0.717, 1.165) is 22.4 Å². The maximum absolute atomic E-state index is 13.0. The maximum Gasteiger partial charge on any atom is 0.266 e. The lowest BCUT2D eigenvalue weighted by atomic mass is 10.1. The monoisotopic (exact) mass is 524 g/mol. The molecule has 1 heterocycles. The van der Waals surface area contributed by atoms with Crippen molar-refractivity contribution in [1.82, 2.24) is 9.78 Å². The number of hydrogen-bond donors (Lipinski definition) is 1. The Morgan fingerprint density at radius 1 is 0.925 bits per heavy atom. The molecule has 0 spiro atoms. The van der Waals surface area contributed by atoms with E-state index >= 15 is 0 Å². The smallest absolute Gasteiger partial charge is 0.266 e. The van der Waals surface area contributed by atoms with E-state index in [9.17, 15) is 10.1 Å². The van der Waals surface area contributed by atoms with Crippen LogP contribution in [0.2, 0.25) is 0 Å². The molecule has 40 heavy (non-hydrogen) atoms. The minimum atomic E-state index is -0.486. The van der Waals surface area contributed by atoms with Gasteiger partial charge in [0.1, 0.15) is 29.7 Å². The minimum Gasteiger partial charge on any atom is -0.489 e. The van der Waals surface area contributed by atoms with E-state index in [0.29, 0.717) is 29.3 Å². The van der Waals surface area contributed by atoms with Gasteiger partial charge in [-0.1, -0.05) is 77.9 Å². The van der Waals surface area contributed by atoms with Gasteiger partial charge >= 0.3 is 0 Å². The van der Waals surface area contributed by atoms with Gasteiger partial charge in [-0.3, -0.25) is 4.79 Å². The Labute approximate surface area is 233 Å². The summed E-state index contributed by atoms with van der Waals surface area (Å²) in [6, 6.07) is 35.1. The van der Waals surface area contributed by atoms with Crippen molar-refractivity contribution in [3.05, 3.63) is 137 Å². The van der Waals surface area contributed by atoms with Gasteiger partial charge in [-0.15, -0.1) is 0 Å². The first kappa shape index (κ1) is 26.2. The van der Waals surface area contributed by atoms with Crippen molar-refractivity contribution in [2.24, 2.45) is 0 Å². The number of carbonyl (C=O) groups excluding carboxylic acids is 1. The number of para-hydroxylation sites is 1. The third-order valence-electron chi connectivity index (χ3n) is 6.37. The number of aryl methyl sites for hydroxylation is 2. The molecule has 6 nitrogen and oxygen atoms in total. The van der Waals surface area contributed by atoms with Crippen molar-refractivity contribution in [2.75, 3.05) is 5.32 Å². The summed E-state index contributed by atoms with van der Waals surface area (Å²) in [6.45, 7) is 4.46. The summed E-state index contributed by atoms with van der Waals surface area (Å²) in [5, 5.41) is 17.5. The second-order valence-corrected chi connectivity index (χ2v) is 9.51. The summed E-state index contributed by atoms with van der Waals surface area (Å²) in [4.78, 5) is 13.0. The molecule has 0 radical (unpaired) electrons. The van der Waals surface area contributed by atoms with E-state index in [-0.39, 0.29) is 5.57 Å². The lowest BCUT2D eigenvalue weighted by molar-refractivity contribution is -0.112. The Morgan fingerprint density at radius 2 is 1.62 bits per heavy atom. The molecular formula is C34H28N4O2. The molecule has 0 unspecified atom stereocenters. The third-order valence-corrected chi connectivity index (χ3v) is 6.37. The summed E-state index contributed by atoms with van der Waals surface area (Å²) in [6.07, 6.45) is 3.39. The molecule has 0 atom stereocenters. The molecule has 0 bridgehead atoms. The van der Waals surface area contributed by atoms with Crippen LogP contribution in [0.4, 0.5) is 5.69 Å². The Balaban J connectivity index is 1.48. The van der Waals surface area contributed by atoms with Crippen LogP contribution in [-0.2, 0) is 11.4 Å². The Hall–Kier alpha value is -5.41. The number of hydrogen-bond acceptors (Lipinski definition) is 4. The maximum atomic E-state index is 13.0. The first-order chi connectivity index (χ1) is 19.5. The number of ether oxygens (including phenoxy) is 1. The van der Waals surface area contributed by atoms with Crippen LogP contribution in [-0.4, -0.2) is 15.7 Å². The predicted octanol–water partition coefficient (Wildman–Crippen LogP) is 7.28. The third kappa shape index (κ3) is 6.35. The summed E-state index contributed by atoms with van der Waals surface area (Å²) >= 11 is 0. The zero-order valence-corrected chi connectivity index (χ0v) is 22.3. The van der Waals surface area contributed by atoms with Crippen molar-refractivity contribution in [3.63, 3.8) is 0 Å². The van der Waals surface area contributed by atoms with E-state index in [4.69, 9.17) is 9.84 Å². The highest BCUT2D eigenvalue weighted by Crippen LogP contribution is 2.29. The SMILES string of the molecule is Cc1ccc(COc2cccc(-c3nn(-c4ccccc4)cc3C=C(C#N)C(=O)Nc3ccc(C)cc3)c2)cc1. The lowest BCUT2D eigenvalue weighted by Gasteiger charge is -2.08. The molecule has 196 valence electrons. The quantitative estimate of drug-likeness (QED) is 0.171. The highest BCUT2D eigenvalue weighted by molar-refractivity contribution is 6.10. The van der Waals surface area contributed by atoms with Gasteiger partial charge in [0.25, 0.3) is 5.91 Å². The van der Waals surface area contributed by atoms with Crippen LogP contribution in [0.25, 0.3) is 23.0 Å². The zero-order valence-electron chi connectivity index (χ0n) is 22.3. The highest BCUT2D eigenvalue weighted by atomic mass is 16.5. The molecule has 4 aromatic carbocycles. The van der Waals surface area contributed by atoms with Gasteiger partial charge in [-0.05, 0) is 61.9 Å². The molecule has 1 amide bonds. The molecule has 0 saturated heterocycles. The Morgan fingerprint density at radius 3 is 2.33 bits per heavy atom. The van der Waals surface area contributed by atoms with Crippen LogP contribution >= 0.6 is 0 Å². The molecule has 0 aliphatic heterocycles. The van der Waals surface area contributed by atoms with Crippen LogP contribution in [0.15, 0.2) is 115 Å². The summed E-state index contributed by atoms with van der Waals surface area (Å²) < 4.78 is 7.82. The minimum absolute atomic E-state index is 0.0267. The number of amides is 1. The van der Waals surface area contributed by atoms with Crippen LogP contribution in [0.5, 0.6) is 5.75 Å². The Bertz CT molecular complexity index is 1690. The van der Waals surface area contributed by atoms with Crippen molar-refractivity contribution in [3.8, 4) is 28.8 Å². The number of nitrogens with one attached hydrogen (secondary N) is 1. The average molecular weight is 525 g/mol. The van der Waals surface area contributed by atoms with E-state index in [1.54, 1.807) is 10.8 Å². The van der Waals surface area contributed by atoms with E-state index in [1.807, 2.05) is 92.0 Å². The van der Waals surface area contributed by atoms with Gasteiger partial charge in [-0.25, -0.2) is 4.68 Å². The van der Waals surface area contributed by atoms with Crippen LogP contribution in [0.1, 0.15) is 22.3 Å². The summed E-state index contributed by atoms with van der Waals surface area (Å²) in [7, 11) is 0. The van der Waals surface area contributed by atoms with Crippen molar-refractivity contribution in [2.45, 2.75) is 20.5 Å². The lowest BCUT2D eigenvalue weighted by Crippen LogP contribution is -2.13. The molecule has 6 heteroatoms. The first-order valence-corrected chi connectivity index (χ1v) is 12.9. The second-order valence-electron chi connectivity index (χ2n) is 9.51. The average Bonchev–Trinajstić information content (AvgIpc) is 3.41. The van der Waals surface area contributed by atoms with E-state index in [1.165, 1.54) is 5.56 Å². The number of carbonyl (C=O) groups is 1. The Kier molecular flexibility index (Phi) is 7.84. The number of aromatic nitrogens is 2. The standard InChI is InChI=1S/C34H28N4O2/c1-24-11-15-26(16-12-24)23-40-32-10-6-7-27(20-32)33-29(22-38(37-33)31-8-4-3-5-9-31)19-28(21-35)34(39)36-30-17-13-25(2)14-18-30/h3-20,22H,23H2,1-2H3,(H,36,39). The largest absolute Gasteiger partial charge is 0.489 e. The number of anilines is 1. The fraction of sp³-hybridized carbons (Fsp3) is 0.0882. The molecule has 0 fully saturated rings. The number of nitriles is 1. The van der Waals surface area contributed by atoms with Gasteiger partial charge in [0.05, 0.1) is 5.69 Å². The van der Waals surface area contributed by atoms with Crippen LogP contribution in [0, 0.1) is 25.2 Å². The van der Waals surface area contributed by atoms with Crippen LogP contribution in [0.3, 0.4) is 0 Å². The molecule has 0 saturated carbocycles. The van der Waals surface area contributed by atoms with Crippen molar-refractivity contribution >= 4 is 17.7 Å². The van der Waals surface area contributed by atoms with E-state index in [2.05, 4.69) is 42.6 Å². The fourth-order valence-corrected chi connectivity index (χ4v) is 4.15. The molecule has 1 N–H and O–H groups in total. The molecular weight excluding hydrogens is 496 g/mol. The van der Waals surface area contributed by atoms with Gasteiger partial charge in [-0.2, -0.15) is 10.4 Å². The van der Waals surface area contributed by atoms with Crippen LogP contribution < -0.4 is 10.1 Å². The number of benzene rings is 4. The zero-order chi connectivity index (χ0) is 27.9. The van der Waals surface area contributed by atoms with Gasteiger partial charge in [0, 0.05) is 23.0 Å². The van der Waals surface area contributed by atoms with Gasteiger partial charge in [0.2, 0.25) is 0 Å². The molecule has 5 rings (SSSR count). The van der Waals surface area contributed by atoms with Gasteiger partial charge < -0.3 is 10.1 Å². The highest BCUT2D eigenvalue weighted by Gasteiger charge is 2.16. The van der Waals surface area contributed by atoms with E-state index < -0.39 is 5.91 Å². The molecule has 5 aromatic rings. The number of nitrogens with zero attached hydrogens (tertiary/aromatic N) is 3. The summed E-state index contributed by atoms with van der Waals surface area (Å²) in [5.74, 6) is 0.208. The molecule has 1 aromatic heterocycles. The molecule has 0 aliphatic carbocycles. The fourth-order valence-electron chi connectivity index (χ4n) is 4.15. The summed E-state index contributed by atoms with van der Waals surface area (Å²) in [5.41, 5.74) is 6.87.